The van der Waals surface area contributed by atoms with Crippen molar-refractivity contribution >= 4 is 33.0 Å². The standard InChI is InChI=1S/C17H21FN6O2S/c1-11-7-12(9-21-27(25,26)6-2-4-18)8-13(11)17-23-22-15-10-20-16-14(24(15)17)3-5-19-16/h3,5,9-13,19H,2,4,6-8H2,1H3/t11-,12?,13+/m1/s1. The number of H-pyrrole nitrogens is 1. The van der Waals surface area contributed by atoms with Crippen molar-refractivity contribution in [2.75, 3.05) is 12.4 Å². The normalized spacial score (nSPS) is 23.9. The second-order valence-corrected chi connectivity index (χ2v) is 8.90. The van der Waals surface area contributed by atoms with Crippen molar-refractivity contribution in [2.45, 2.75) is 32.1 Å². The van der Waals surface area contributed by atoms with Crippen LogP contribution in [0.2, 0.25) is 0 Å². The van der Waals surface area contributed by atoms with Crippen molar-refractivity contribution in [3.05, 3.63) is 24.3 Å². The summed E-state index contributed by atoms with van der Waals surface area (Å²) in [6.45, 7) is 1.48. The van der Waals surface area contributed by atoms with E-state index in [1.807, 2.05) is 16.7 Å². The Kier molecular flexibility index (Phi) is 4.67. The van der Waals surface area contributed by atoms with Crippen molar-refractivity contribution < 1.29 is 12.8 Å². The number of sulfonamides is 1. The third-order valence-electron chi connectivity index (χ3n) is 5.18. The Hall–Kier alpha value is -2.36. The van der Waals surface area contributed by atoms with Crippen molar-refractivity contribution in [1.29, 1.82) is 0 Å². The molecule has 0 aromatic carbocycles. The summed E-state index contributed by atoms with van der Waals surface area (Å²) in [6.07, 6.45) is 6.58. The maximum atomic E-state index is 12.2. The molecule has 0 spiro atoms. The minimum absolute atomic E-state index is 0.0181. The highest BCUT2D eigenvalue weighted by molar-refractivity contribution is 7.90. The molecule has 3 atom stereocenters. The van der Waals surface area contributed by atoms with Gasteiger partial charge in [0.15, 0.2) is 11.3 Å². The van der Waals surface area contributed by atoms with E-state index in [1.54, 1.807) is 6.20 Å². The Bertz CT molecular complexity index is 1090. The summed E-state index contributed by atoms with van der Waals surface area (Å²) in [5, 5.41) is 8.64. The fourth-order valence-corrected chi connectivity index (χ4v) is 4.82. The average molecular weight is 392 g/mol. The fourth-order valence-electron chi connectivity index (χ4n) is 3.88. The second kappa shape index (κ2) is 6.99. The van der Waals surface area contributed by atoms with E-state index in [4.69, 9.17) is 0 Å². The van der Waals surface area contributed by atoms with Gasteiger partial charge in [0.05, 0.1) is 24.1 Å². The van der Waals surface area contributed by atoms with Crippen LogP contribution in [0.15, 0.2) is 22.9 Å². The van der Waals surface area contributed by atoms with Gasteiger partial charge in [-0.2, -0.15) is 4.40 Å². The summed E-state index contributed by atoms with van der Waals surface area (Å²) in [6, 6.07) is 1.94. The van der Waals surface area contributed by atoms with E-state index < -0.39 is 16.7 Å². The molecule has 3 aromatic rings. The smallest absolute Gasteiger partial charge is 0.252 e. The largest absolute Gasteiger partial charge is 0.345 e. The van der Waals surface area contributed by atoms with Crippen LogP contribution in [0.25, 0.3) is 16.8 Å². The van der Waals surface area contributed by atoms with Crippen molar-refractivity contribution in [3.63, 3.8) is 0 Å². The zero-order valence-electron chi connectivity index (χ0n) is 14.9. The molecule has 10 heteroatoms. The van der Waals surface area contributed by atoms with Crippen LogP contribution >= 0.6 is 0 Å². The average Bonchev–Trinajstić information content (AvgIpc) is 3.35. The van der Waals surface area contributed by atoms with Gasteiger partial charge in [-0.3, -0.25) is 8.79 Å². The van der Waals surface area contributed by atoms with Crippen LogP contribution in [0, 0.1) is 11.8 Å². The number of aromatic nitrogens is 5. The summed E-state index contributed by atoms with van der Waals surface area (Å²) in [5.74, 6) is 1.11. The summed E-state index contributed by atoms with van der Waals surface area (Å²) in [5.41, 5.74) is 2.38. The number of fused-ring (bicyclic) bond motifs is 3. The lowest BCUT2D eigenvalue weighted by Crippen LogP contribution is -2.08. The van der Waals surface area contributed by atoms with Crippen LogP contribution in [0.1, 0.15) is 37.9 Å². The van der Waals surface area contributed by atoms with Gasteiger partial charge in [-0.25, -0.2) is 13.4 Å². The molecule has 3 heterocycles. The zero-order chi connectivity index (χ0) is 19.0. The molecular weight excluding hydrogens is 371 g/mol. The van der Waals surface area contributed by atoms with Crippen molar-refractivity contribution in [1.82, 2.24) is 24.6 Å². The van der Waals surface area contributed by atoms with Crippen LogP contribution in [-0.4, -0.2) is 51.6 Å². The van der Waals surface area contributed by atoms with E-state index in [-0.39, 0.29) is 24.0 Å². The summed E-state index contributed by atoms with van der Waals surface area (Å²) >= 11 is 0. The first-order valence-electron chi connectivity index (χ1n) is 8.99. The molecule has 0 radical (unpaired) electrons. The molecule has 1 N–H and O–H groups in total. The third-order valence-corrected chi connectivity index (χ3v) is 6.43. The van der Waals surface area contributed by atoms with Crippen molar-refractivity contribution in [2.24, 2.45) is 16.2 Å². The lowest BCUT2D eigenvalue weighted by molar-refractivity contribution is 0.484. The number of nitrogens with zero attached hydrogens (tertiary/aromatic N) is 5. The molecule has 144 valence electrons. The first kappa shape index (κ1) is 18.0. The quantitative estimate of drug-likeness (QED) is 0.649. The Morgan fingerprint density at radius 3 is 3.07 bits per heavy atom. The number of hydrogen-bond acceptors (Lipinski definition) is 5. The lowest BCUT2D eigenvalue weighted by atomic mass is 9.97. The van der Waals surface area contributed by atoms with Gasteiger partial charge in [-0.05, 0) is 37.2 Å². The molecule has 1 fully saturated rings. The minimum atomic E-state index is -3.59. The monoisotopic (exact) mass is 392 g/mol. The number of hydrogen-bond donors (Lipinski definition) is 1. The highest BCUT2D eigenvalue weighted by Crippen LogP contribution is 2.42. The first-order chi connectivity index (χ1) is 13.0. The van der Waals surface area contributed by atoms with Crippen LogP contribution in [0.3, 0.4) is 0 Å². The van der Waals surface area contributed by atoms with Gasteiger partial charge in [0.2, 0.25) is 0 Å². The maximum Gasteiger partial charge on any atom is 0.252 e. The van der Waals surface area contributed by atoms with Gasteiger partial charge in [0, 0.05) is 18.3 Å². The number of rotatable bonds is 6. The van der Waals surface area contributed by atoms with E-state index in [0.29, 0.717) is 11.6 Å². The summed E-state index contributed by atoms with van der Waals surface area (Å²) in [7, 11) is -3.59. The van der Waals surface area contributed by atoms with Gasteiger partial charge in [-0.15, -0.1) is 10.2 Å². The maximum absolute atomic E-state index is 12.2. The topological polar surface area (TPSA) is 105 Å². The van der Waals surface area contributed by atoms with Gasteiger partial charge in [-0.1, -0.05) is 6.92 Å². The molecule has 4 rings (SSSR count). The third kappa shape index (κ3) is 3.45. The number of halogens is 1. The summed E-state index contributed by atoms with van der Waals surface area (Å²) in [4.78, 5) is 7.42. The highest BCUT2D eigenvalue weighted by Gasteiger charge is 2.35. The molecule has 8 nitrogen and oxygen atoms in total. The minimum Gasteiger partial charge on any atom is -0.345 e. The molecule has 0 aliphatic heterocycles. The van der Waals surface area contributed by atoms with Crippen molar-refractivity contribution in [3.8, 4) is 0 Å². The second-order valence-electron chi connectivity index (χ2n) is 7.12. The molecule has 1 saturated carbocycles. The molecule has 0 saturated heterocycles. The van der Waals surface area contributed by atoms with E-state index in [1.165, 1.54) is 6.21 Å². The molecule has 3 aromatic heterocycles. The Balaban J connectivity index is 1.59. The first-order valence-corrected chi connectivity index (χ1v) is 10.6. The van der Waals surface area contributed by atoms with E-state index >= 15 is 0 Å². The number of alkyl halides is 1. The molecule has 0 amide bonds. The predicted octanol–water partition coefficient (Wildman–Crippen LogP) is 2.50. The zero-order valence-corrected chi connectivity index (χ0v) is 15.7. The van der Waals surface area contributed by atoms with Crippen LogP contribution in [0.5, 0.6) is 0 Å². The van der Waals surface area contributed by atoms with Gasteiger partial charge < -0.3 is 4.98 Å². The number of nitrogens with one attached hydrogen (secondary N) is 1. The van der Waals surface area contributed by atoms with Gasteiger partial charge >= 0.3 is 0 Å². The van der Waals surface area contributed by atoms with Crippen LogP contribution in [-0.2, 0) is 10.0 Å². The number of aromatic amines is 1. The Morgan fingerprint density at radius 1 is 1.41 bits per heavy atom. The predicted molar refractivity (Wildman–Crippen MR) is 100 cm³/mol. The molecule has 0 bridgehead atoms. The lowest BCUT2D eigenvalue weighted by Gasteiger charge is -2.13. The SMILES string of the molecule is C[C@@H]1CC(C=NS(=O)(=O)CCCF)C[C@@H]1c1nnc2cnc3[nH]ccc3n12. The van der Waals surface area contributed by atoms with Crippen LogP contribution in [0.4, 0.5) is 4.39 Å². The van der Waals surface area contributed by atoms with E-state index in [2.05, 4.69) is 31.5 Å². The Morgan fingerprint density at radius 2 is 2.26 bits per heavy atom. The molecule has 27 heavy (non-hydrogen) atoms. The molecular formula is C17H21FN6O2S. The van der Waals surface area contributed by atoms with Crippen LogP contribution < -0.4 is 0 Å². The van der Waals surface area contributed by atoms with E-state index in [0.717, 1.165) is 29.8 Å². The van der Waals surface area contributed by atoms with E-state index in [9.17, 15) is 12.8 Å². The molecule has 1 aliphatic carbocycles. The summed E-state index contributed by atoms with van der Waals surface area (Å²) < 4.78 is 41.6. The Labute approximate surface area is 156 Å². The molecule has 1 aliphatic rings. The molecule has 1 unspecified atom stereocenters. The van der Waals surface area contributed by atoms with Gasteiger partial charge in [0.25, 0.3) is 10.0 Å². The van der Waals surface area contributed by atoms with Gasteiger partial charge in [0.1, 0.15) is 5.82 Å². The highest BCUT2D eigenvalue weighted by atomic mass is 32.2. The fraction of sp³-hybridized carbons (Fsp3) is 0.529.